The fraction of sp³-hybridized carbons (Fsp3) is 0.895. The summed E-state index contributed by atoms with van der Waals surface area (Å²) in [6.07, 6.45) is 2.71. The highest BCUT2D eigenvalue weighted by atomic mass is 16.7. The van der Waals surface area contributed by atoms with E-state index in [0.29, 0.717) is 52.1 Å². The van der Waals surface area contributed by atoms with Crippen molar-refractivity contribution in [3.05, 3.63) is 0 Å². The van der Waals surface area contributed by atoms with E-state index in [4.69, 9.17) is 18.9 Å². The Hall–Kier alpha value is -1.18. The number of fused-ring (bicyclic) bond motifs is 2. The van der Waals surface area contributed by atoms with Gasteiger partial charge in [0.15, 0.2) is 6.29 Å². The maximum Gasteiger partial charge on any atom is 0.410 e. The molecule has 148 valence electrons. The van der Waals surface area contributed by atoms with Crippen LogP contribution < -0.4 is 0 Å². The fourth-order valence-corrected chi connectivity index (χ4v) is 3.96. The molecular formula is C19H31NO6. The summed E-state index contributed by atoms with van der Waals surface area (Å²) in [5, 5.41) is 0. The zero-order chi connectivity index (χ0) is 18.7. The van der Waals surface area contributed by atoms with E-state index in [1.807, 2.05) is 20.8 Å². The van der Waals surface area contributed by atoms with E-state index < -0.39 is 5.60 Å². The van der Waals surface area contributed by atoms with Crippen molar-refractivity contribution in [1.29, 1.82) is 0 Å². The number of amides is 1. The molecule has 0 aromatic rings. The largest absolute Gasteiger partial charge is 0.444 e. The van der Waals surface area contributed by atoms with Crippen LogP contribution in [0.2, 0.25) is 0 Å². The minimum absolute atomic E-state index is 0.0313. The molecule has 3 fully saturated rings. The Morgan fingerprint density at radius 3 is 2.27 bits per heavy atom. The number of rotatable bonds is 4. The van der Waals surface area contributed by atoms with Gasteiger partial charge in [-0.3, -0.25) is 9.69 Å². The van der Waals surface area contributed by atoms with E-state index in [9.17, 15) is 9.59 Å². The molecule has 2 unspecified atom stereocenters. The van der Waals surface area contributed by atoms with E-state index >= 15 is 0 Å². The first-order valence-electron chi connectivity index (χ1n) is 9.68. The molecule has 0 radical (unpaired) electrons. The summed E-state index contributed by atoms with van der Waals surface area (Å²) in [5.41, 5.74) is -0.529. The molecule has 3 heterocycles. The highest BCUT2D eigenvalue weighted by molar-refractivity contribution is 5.81. The molecule has 3 rings (SSSR count). The Morgan fingerprint density at radius 1 is 1.08 bits per heavy atom. The number of ether oxygens (including phenoxy) is 4. The van der Waals surface area contributed by atoms with Crippen LogP contribution in [-0.4, -0.2) is 67.2 Å². The molecule has 3 aliphatic rings. The molecule has 7 heteroatoms. The minimum Gasteiger partial charge on any atom is -0.444 e. The Bertz CT molecular complexity index is 497. The third kappa shape index (κ3) is 4.96. The molecule has 0 aliphatic carbocycles. The van der Waals surface area contributed by atoms with Crippen LogP contribution in [0.15, 0.2) is 0 Å². The molecule has 0 spiro atoms. The molecule has 0 N–H and O–H groups in total. The molecule has 0 aromatic heterocycles. The predicted molar refractivity (Wildman–Crippen MR) is 93.7 cm³/mol. The first-order valence-corrected chi connectivity index (χ1v) is 9.68. The van der Waals surface area contributed by atoms with Gasteiger partial charge in [0.1, 0.15) is 11.4 Å². The van der Waals surface area contributed by atoms with Gasteiger partial charge in [0.05, 0.1) is 38.5 Å². The van der Waals surface area contributed by atoms with Crippen LogP contribution in [0, 0.1) is 5.92 Å². The van der Waals surface area contributed by atoms with Crippen molar-refractivity contribution in [2.45, 2.75) is 76.9 Å². The molecule has 3 saturated heterocycles. The van der Waals surface area contributed by atoms with Crippen LogP contribution >= 0.6 is 0 Å². The summed E-state index contributed by atoms with van der Waals surface area (Å²) in [7, 11) is 0. The molecular weight excluding hydrogens is 338 g/mol. The number of carbonyl (C=O) groups is 2. The van der Waals surface area contributed by atoms with E-state index in [1.165, 1.54) is 0 Å². The minimum atomic E-state index is -0.529. The lowest BCUT2D eigenvalue weighted by Crippen LogP contribution is -2.60. The number of piperidine rings is 1. The van der Waals surface area contributed by atoms with Crippen LogP contribution in [-0.2, 0) is 23.7 Å². The van der Waals surface area contributed by atoms with E-state index in [-0.39, 0.29) is 36.2 Å². The van der Waals surface area contributed by atoms with Crippen molar-refractivity contribution in [3.8, 4) is 0 Å². The molecule has 2 atom stereocenters. The van der Waals surface area contributed by atoms with E-state index in [0.717, 1.165) is 6.42 Å². The Morgan fingerprint density at radius 2 is 1.69 bits per heavy atom. The lowest BCUT2D eigenvalue weighted by atomic mass is 9.81. The summed E-state index contributed by atoms with van der Waals surface area (Å²) in [6, 6.07) is -0.179. The predicted octanol–water partition coefficient (Wildman–Crippen LogP) is 2.51. The normalized spacial score (nSPS) is 30.1. The number of nitrogens with zero attached hydrogens (tertiary/aromatic N) is 1. The standard InChI is InChI=1S/C19H31NO6/c1-19(2,3)26-18(22)20-14-9-13(10-15(20)12-23-11-14)16(21)5-6-17-24-7-4-8-25-17/h13-15,17H,4-12H2,1-3H3. The third-order valence-electron chi connectivity index (χ3n) is 5.10. The Balaban J connectivity index is 1.55. The van der Waals surface area contributed by atoms with Gasteiger partial charge in [0.25, 0.3) is 0 Å². The van der Waals surface area contributed by atoms with Crippen molar-refractivity contribution in [2.24, 2.45) is 5.92 Å². The molecule has 0 aromatic carbocycles. The lowest BCUT2D eigenvalue weighted by Gasteiger charge is -2.48. The molecule has 26 heavy (non-hydrogen) atoms. The topological polar surface area (TPSA) is 74.3 Å². The van der Waals surface area contributed by atoms with Crippen molar-refractivity contribution in [1.82, 2.24) is 4.90 Å². The number of Topliss-reactive ketones (excluding diaryl/α,β-unsaturated/α-hetero) is 1. The van der Waals surface area contributed by atoms with Gasteiger partial charge in [-0.1, -0.05) is 0 Å². The SMILES string of the molecule is CC(C)(C)OC(=O)N1C2COCC1CC(C(=O)CCC1OCCCO1)C2. The number of hydrogen-bond acceptors (Lipinski definition) is 6. The van der Waals surface area contributed by atoms with Gasteiger partial charge in [0.2, 0.25) is 0 Å². The second-order valence-electron chi connectivity index (χ2n) is 8.43. The molecule has 7 nitrogen and oxygen atoms in total. The maximum absolute atomic E-state index is 12.7. The number of morpholine rings is 1. The van der Waals surface area contributed by atoms with Gasteiger partial charge in [-0.05, 0) is 40.0 Å². The van der Waals surface area contributed by atoms with Crippen molar-refractivity contribution in [3.63, 3.8) is 0 Å². The first-order chi connectivity index (χ1) is 12.3. The van der Waals surface area contributed by atoms with Gasteiger partial charge in [-0.15, -0.1) is 0 Å². The first kappa shape index (κ1) is 19.6. The third-order valence-corrected chi connectivity index (χ3v) is 5.10. The number of ketones is 1. The second-order valence-corrected chi connectivity index (χ2v) is 8.43. The summed E-state index contributed by atoms with van der Waals surface area (Å²) >= 11 is 0. The summed E-state index contributed by atoms with van der Waals surface area (Å²) in [6.45, 7) is 7.93. The fourth-order valence-electron chi connectivity index (χ4n) is 3.96. The van der Waals surface area contributed by atoms with Crippen LogP contribution in [0.4, 0.5) is 4.79 Å². The summed E-state index contributed by atoms with van der Waals surface area (Å²) < 4.78 is 22.2. The van der Waals surface area contributed by atoms with Crippen LogP contribution in [0.1, 0.15) is 52.9 Å². The average molecular weight is 369 g/mol. The quantitative estimate of drug-likeness (QED) is 0.758. The zero-order valence-electron chi connectivity index (χ0n) is 16.1. The van der Waals surface area contributed by atoms with Gasteiger partial charge in [-0.2, -0.15) is 0 Å². The molecule has 3 aliphatic heterocycles. The summed E-state index contributed by atoms with van der Waals surface area (Å²) in [4.78, 5) is 27.1. The van der Waals surface area contributed by atoms with Crippen molar-refractivity contribution < 1.29 is 28.5 Å². The summed E-state index contributed by atoms with van der Waals surface area (Å²) in [5.74, 6) is 0.208. The van der Waals surface area contributed by atoms with Crippen molar-refractivity contribution >= 4 is 11.9 Å². The molecule has 0 saturated carbocycles. The number of carbonyl (C=O) groups excluding carboxylic acids is 2. The Kier molecular flexibility index (Phi) is 6.20. The second kappa shape index (κ2) is 8.23. The van der Waals surface area contributed by atoms with Crippen LogP contribution in [0.5, 0.6) is 0 Å². The monoisotopic (exact) mass is 369 g/mol. The highest BCUT2D eigenvalue weighted by Crippen LogP contribution is 2.34. The maximum atomic E-state index is 12.7. The molecule has 2 bridgehead atoms. The average Bonchev–Trinajstić information content (AvgIpc) is 2.58. The van der Waals surface area contributed by atoms with Gasteiger partial charge in [0, 0.05) is 18.8 Å². The van der Waals surface area contributed by atoms with Crippen molar-refractivity contribution in [2.75, 3.05) is 26.4 Å². The van der Waals surface area contributed by atoms with Crippen LogP contribution in [0.3, 0.4) is 0 Å². The Labute approximate surface area is 155 Å². The smallest absolute Gasteiger partial charge is 0.410 e. The van der Waals surface area contributed by atoms with Crippen LogP contribution in [0.25, 0.3) is 0 Å². The van der Waals surface area contributed by atoms with Gasteiger partial charge >= 0.3 is 6.09 Å². The number of hydrogen-bond donors (Lipinski definition) is 0. The van der Waals surface area contributed by atoms with Gasteiger partial charge in [-0.25, -0.2) is 4.79 Å². The van der Waals surface area contributed by atoms with Gasteiger partial charge < -0.3 is 18.9 Å². The molecule has 1 amide bonds. The zero-order valence-corrected chi connectivity index (χ0v) is 16.1. The van der Waals surface area contributed by atoms with E-state index in [1.54, 1.807) is 4.90 Å². The van der Waals surface area contributed by atoms with E-state index in [2.05, 4.69) is 0 Å². The lowest BCUT2D eigenvalue weighted by molar-refractivity contribution is -0.182. The highest BCUT2D eigenvalue weighted by Gasteiger charge is 2.44.